The fraction of sp³-hybridized carbons (Fsp3) is 0.381. The normalized spacial score (nSPS) is 18.0. The molecule has 2 aliphatic rings. The van der Waals surface area contributed by atoms with E-state index in [1.807, 2.05) is 0 Å². The fourth-order valence-electron chi connectivity index (χ4n) is 3.90. The van der Waals surface area contributed by atoms with Gasteiger partial charge in [-0.2, -0.15) is 0 Å². The summed E-state index contributed by atoms with van der Waals surface area (Å²) in [5.41, 5.74) is -0.370. The van der Waals surface area contributed by atoms with Crippen LogP contribution in [-0.2, 0) is 11.2 Å². The van der Waals surface area contributed by atoms with Gasteiger partial charge in [-0.3, -0.25) is 4.79 Å². The largest absolute Gasteiger partial charge is 0.490 e. The van der Waals surface area contributed by atoms with Gasteiger partial charge in [-0.1, -0.05) is 11.6 Å². The first-order valence-electron chi connectivity index (χ1n) is 9.62. The van der Waals surface area contributed by atoms with Crippen molar-refractivity contribution in [3.05, 3.63) is 52.3 Å². The molecule has 0 aromatic heterocycles. The molecule has 5 nitrogen and oxygen atoms in total. The fourth-order valence-corrected chi connectivity index (χ4v) is 4.21. The highest BCUT2D eigenvalue weighted by atomic mass is 35.5. The van der Waals surface area contributed by atoms with E-state index in [0.29, 0.717) is 30.8 Å². The standard InChI is InChI=1S/C21H20ClF3N2O3/c22-14-9-12(23)10-16(25)20(14)27-7-5-21(29,6-8-27)11-30-17-3-2-15(24)19-13(17)1-4-18(28)26-19/h2-3,9-10,29H,1,4-8,11H2,(H,26,28). The second-order valence-corrected chi connectivity index (χ2v) is 8.07. The number of aliphatic hydroxyl groups is 1. The van der Waals surface area contributed by atoms with Crippen molar-refractivity contribution in [3.63, 3.8) is 0 Å². The molecule has 2 aromatic rings. The van der Waals surface area contributed by atoms with E-state index in [9.17, 15) is 23.1 Å². The number of ether oxygens (including phenoxy) is 1. The molecule has 1 fully saturated rings. The first kappa shape index (κ1) is 20.8. The molecule has 0 saturated carbocycles. The number of nitrogens with one attached hydrogen (secondary N) is 1. The number of fused-ring (bicyclic) bond motifs is 1. The molecule has 2 aromatic carbocycles. The van der Waals surface area contributed by atoms with E-state index >= 15 is 0 Å². The van der Waals surface area contributed by atoms with Crippen molar-refractivity contribution < 1.29 is 27.8 Å². The Morgan fingerprint density at radius 2 is 1.87 bits per heavy atom. The minimum Gasteiger partial charge on any atom is -0.490 e. The Morgan fingerprint density at radius 3 is 2.57 bits per heavy atom. The van der Waals surface area contributed by atoms with E-state index in [4.69, 9.17) is 16.3 Å². The van der Waals surface area contributed by atoms with Crippen LogP contribution >= 0.6 is 11.6 Å². The maximum absolute atomic E-state index is 14.2. The van der Waals surface area contributed by atoms with Crippen molar-refractivity contribution in [2.24, 2.45) is 0 Å². The van der Waals surface area contributed by atoms with Crippen LogP contribution in [0.4, 0.5) is 24.5 Å². The lowest BCUT2D eigenvalue weighted by atomic mass is 9.92. The highest BCUT2D eigenvalue weighted by Crippen LogP contribution is 2.36. The van der Waals surface area contributed by atoms with Gasteiger partial charge in [0.1, 0.15) is 29.6 Å². The van der Waals surface area contributed by atoms with E-state index in [1.165, 1.54) is 12.1 Å². The Morgan fingerprint density at radius 1 is 1.13 bits per heavy atom. The molecule has 9 heteroatoms. The molecule has 0 spiro atoms. The Bertz CT molecular complexity index is 971. The number of piperidine rings is 1. The van der Waals surface area contributed by atoms with Crippen LogP contribution in [-0.4, -0.2) is 36.3 Å². The van der Waals surface area contributed by atoms with Gasteiger partial charge in [-0.25, -0.2) is 13.2 Å². The molecule has 2 aliphatic heterocycles. The summed E-state index contributed by atoms with van der Waals surface area (Å²) in [6, 6.07) is 4.53. The molecule has 0 bridgehead atoms. The van der Waals surface area contributed by atoms with E-state index in [0.717, 1.165) is 12.1 Å². The zero-order chi connectivity index (χ0) is 21.5. The second-order valence-electron chi connectivity index (χ2n) is 7.67. The van der Waals surface area contributed by atoms with E-state index < -0.39 is 23.1 Å². The van der Waals surface area contributed by atoms with Crippen LogP contribution in [0.2, 0.25) is 5.02 Å². The van der Waals surface area contributed by atoms with Gasteiger partial charge in [0.15, 0.2) is 5.82 Å². The van der Waals surface area contributed by atoms with E-state index in [-0.39, 0.29) is 48.2 Å². The van der Waals surface area contributed by atoms with Gasteiger partial charge in [0.25, 0.3) is 0 Å². The number of nitrogens with zero attached hydrogens (tertiary/aromatic N) is 1. The van der Waals surface area contributed by atoms with Crippen LogP contribution in [0.1, 0.15) is 24.8 Å². The van der Waals surface area contributed by atoms with Crippen LogP contribution in [0.25, 0.3) is 0 Å². The average Bonchev–Trinajstić information content (AvgIpc) is 2.69. The molecule has 0 aliphatic carbocycles. The summed E-state index contributed by atoms with van der Waals surface area (Å²) in [4.78, 5) is 13.2. The summed E-state index contributed by atoms with van der Waals surface area (Å²) in [5.74, 6) is -1.87. The smallest absolute Gasteiger partial charge is 0.224 e. The number of hydrogen-bond donors (Lipinski definition) is 2. The quantitative estimate of drug-likeness (QED) is 0.753. The summed E-state index contributed by atoms with van der Waals surface area (Å²) in [6.45, 7) is 0.575. The SMILES string of the molecule is O=C1CCc2c(OCC3(O)CCN(c4c(F)cc(F)cc4Cl)CC3)ccc(F)c2N1. The number of hydrogen-bond acceptors (Lipinski definition) is 4. The van der Waals surface area contributed by atoms with Crippen molar-refractivity contribution >= 4 is 28.9 Å². The third-order valence-electron chi connectivity index (χ3n) is 5.57. The van der Waals surface area contributed by atoms with E-state index in [1.54, 1.807) is 4.90 Å². The highest BCUT2D eigenvalue weighted by Gasteiger charge is 2.35. The van der Waals surface area contributed by atoms with Gasteiger partial charge in [0.2, 0.25) is 5.91 Å². The molecule has 2 N–H and O–H groups in total. The third-order valence-corrected chi connectivity index (χ3v) is 5.86. The molecule has 0 radical (unpaired) electrons. The van der Waals surface area contributed by atoms with Gasteiger partial charge < -0.3 is 20.1 Å². The van der Waals surface area contributed by atoms with Crippen LogP contribution < -0.4 is 15.0 Å². The monoisotopic (exact) mass is 440 g/mol. The Kier molecular flexibility index (Phi) is 5.55. The lowest BCUT2D eigenvalue weighted by Gasteiger charge is -2.39. The summed E-state index contributed by atoms with van der Waals surface area (Å²) in [5, 5.41) is 13.4. The Balaban J connectivity index is 1.43. The minimum atomic E-state index is -1.17. The number of benzene rings is 2. The maximum atomic E-state index is 14.2. The van der Waals surface area contributed by atoms with Crippen molar-refractivity contribution in [3.8, 4) is 5.75 Å². The molecule has 30 heavy (non-hydrogen) atoms. The molecule has 4 rings (SSSR count). The molecular formula is C21H20ClF3N2O3. The first-order chi connectivity index (χ1) is 14.3. The highest BCUT2D eigenvalue weighted by molar-refractivity contribution is 6.33. The first-order valence-corrected chi connectivity index (χ1v) is 9.99. The van der Waals surface area contributed by atoms with Gasteiger partial charge in [0.05, 0.1) is 16.4 Å². The van der Waals surface area contributed by atoms with Crippen molar-refractivity contribution in [1.82, 2.24) is 0 Å². The van der Waals surface area contributed by atoms with Crippen molar-refractivity contribution in [1.29, 1.82) is 0 Å². The lowest BCUT2D eigenvalue weighted by molar-refractivity contribution is -0.116. The maximum Gasteiger partial charge on any atom is 0.224 e. The van der Waals surface area contributed by atoms with Gasteiger partial charge in [-0.05, 0) is 37.5 Å². The van der Waals surface area contributed by atoms with Crippen molar-refractivity contribution in [2.45, 2.75) is 31.3 Å². The lowest BCUT2D eigenvalue weighted by Crippen LogP contribution is -2.48. The van der Waals surface area contributed by atoms with Crippen LogP contribution in [0.15, 0.2) is 24.3 Å². The predicted octanol–water partition coefficient (Wildman–Crippen LogP) is 4.05. The molecule has 1 saturated heterocycles. The number of rotatable bonds is 4. The predicted molar refractivity (Wildman–Crippen MR) is 107 cm³/mol. The van der Waals surface area contributed by atoms with Gasteiger partial charge in [-0.15, -0.1) is 0 Å². The zero-order valence-electron chi connectivity index (χ0n) is 16.0. The topological polar surface area (TPSA) is 61.8 Å². The minimum absolute atomic E-state index is 0.0193. The number of halogens is 4. The van der Waals surface area contributed by atoms with Gasteiger partial charge >= 0.3 is 0 Å². The molecular weight excluding hydrogens is 421 g/mol. The van der Waals surface area contributed by atoms with Crippen molar-refractivity contribution in [2.75, 3.05) is 29.9 Å². The van der Waals surface area contributed by atoms with Crippen LogP contribution in [0.5, 0.6) is 5.75 Å². The summed E-state index contributed by atoms with van der Waals surface area (Å²) >= 11 is 6.00. The third kappa shape index (κ3) is 4.06. The van der Waals surface area contributed by atoms with E-state index in [2.05, 4.69) is 5.32 Å². The Labute approximate surface area is 176 Å². The summed E-state index contributed by atoms with van der Waals surface area (Å²) in [7, 11) is 0. The molecule has 0 unspecified atom stereocenters. The Hall–Kier alpha value is -2.45. The summed E-state index contributed by atoms with van der Waals surface area (Å²) in [6.07, 6.45) is 1.14. The second kappa shape index (κ2) is 8.00. The van der Waals surface area contributed by atoms with Crippen LogP contribution in [0, 0.1) is 17.5 Å². The molecule has 1 amide bonds. The zero-order valence-corrected chi connectivity index (χ0v) is 16.7. The summed E-state index contributed by atoms with van der Waals surface area (Å²) < 4.78 is 47.2. The molecule has 0 atom stereocenters. The number of anilines is 2. The van der Waals surface area contributed by atoms with Gasteiger partial charge in [0, 0.05) is 31.1 Å². The number of carbonyl (C=O) groups is 1. The number of carbonyl (C=O) groups excluding carboxylic acids is 1. The number of amides is 1. The molecule has 2 heterocycles. The average molecular weight is 441 g/mol. The van der Waals surface area contributed by atoms with Crippen LogP contribution in [0.3, 0.4) is 0 Å². The molecule has 160 valence electrons.